The smallest absolute Gasteiger partial charge is 0.266 e. The lowest BCUT2D eigenvalue weighted by molar-refractivity contribution is -0.121. The molecule has 3 rings (SSSR count). The van der Waals surface area contributed by atoms with Gasteiger partial charge in [0.2, 0.25) is 0 Å². The second-order valence-electron chi connectivity index (χ2n) is 5.59. The Morgan fingerprint density at radius 3 is 2.58 bits per heavy atom. The lowest BCUT2D eigenvalue weighted by Gasteiger charge is -2.11. The number of carbonyl (C=O) groups excluding carboxylic acids is 1. The van der Waals surface area contributed by atoms with Gasteiger partial charge in [0.15, 0.2) is 5.17 Å². The molecular weight excluding hydrogens is 386 g/mol. The van der Waals surface area contributed by atoms with Crippen LogP contribution in [0.3, 0.4) is 0 Å². The predicted octanol–water partition coefficient (Wildman–Crippen LogP) is 4.39. The van der Waals surface area contributed by atoms with Crippen LogP contribution in [0.1, 0.15) is 17.0 Å². The van der Waals surface area contributed by atoms with Crippen LogP contribution in [0.2, 0.25) is 0 Å². The van der Waals surface area contributed by atoms with Gasteiger partial charge in [0.1, 0.15) is 0 Å². The second kappa shape index (κ2) is 6.61. The van der Waals surface area contributed by atoms with Gasteiger partial charge in [-0.1, -0.05) is 12.1 Å². The van der Waals surface area contributed by atoms with Crippen LogP contribution >= 0.6 is 27.7 Å². The maximum absolute atomic E-state index is 12.3. The SMILES string of the molecule is CN=C1S/C(=C\c2cc(C)n(-c3ccccc3Br)c2C)C(=O)N1C. The van der Waals surface area contributed by atoms with E-state index in [1.807, 2.05) is 24.3 Å². The number of aryl methyl sites for hydroxylation is 1. The Kier molecular flexibility index (Phi) is 4.69. The number of thioether (sulfide) groups is 1. The second-order valence-corrected chi connectivity index (χ2v) is 7.46. The number of aromatic nitrogens is 1. The van der Waals surface area contributed by atoms with E-state index < -0.39 is 0 Å². The summed E-state index contributed by atoms with van der Waals surface area (Å²) in [6.45, 7) is 4.14. The first-order valence-corrected chi connectivity index (χ1v) is 9.13. The van der Waals surface area contributed by atoms with Gasteiger partial charge in [-0.25, -0.2) is 0 Å². The van der Waals surface area contributed by atoms with Crippen LogP contribution in [0.25, 0.3) is 11.8 Å². The molecule has 1 fully saturated rings. The van der Waals surface area contributed by atoms with Crippen molar-refractivity contribution in [2.75, 3.05) is 14.1 Å². The summed E-state index contributed by atoms with van der Waals surface area (Å²) in [7, 11) is 3.46. The van der Waals surface area contributed by atoms with E-state index in [-0.39, 0.29) is 5.91 Å². The maximum atomic E-state index is 12.3. The molecule has 4 nitrogen and oxygen atoms in total. The summed E-state index contributed by atoms with van der Waals surface area (Å²) in [6.07, 6.45) is 1.96. The molecule has 0 spiro atoms. The zero-order valence-corrected chi connectivity index (χ0v) is 16.4. The molecule has 1 aromatic heterocycles. The van der Waals surface area contributed by atoms with Crippen LogP contribution < -0.4 is 0 Å². The molecule has 1 saturated heterocycles. The quantitative estimate of drug-likeness (QED) is 0.697. The highest BCUT2D eigenvalue weighted by atomic mass is 79.9. The first-order valence-electron chi connectivity index (χ1n) is 7.52. The standard InChI is InChI=1S/C18H18BrN3OS/c1-11-9-13(10-16-17(23)21(4)18(20-3)24-16)12(2)22(11)15-8-6-5-7-14(15)19/h5-10H,1-4H3/b16-10-,20-18?. The summed E-state index contributed by atoms with van der Waals surface area (Å²) in [5.74, 6) is -0.00806. The fraction of sp³-hybridized carbons (Fsp3) is 0.222. The normalized spacial score (nSPS) is 18.2. The molecule has 0 saturated carbocycles. The van der Waals surface area contributed by atoms with Gasteiger partial charge in [0.25, 0.3) is 5.91 Å². The van der Waals surface area contributed by atoms with E-state index in [1.165, 1.54) is 11.8 Å². The predicted molar refractivity (Wildman–Crippen MR) is 105 cm³/mol. The molecule has 0 unspecified atom stereocenters. The van der Waals surface area contributed by atoms with Gasteiger partial charge in [-0.05, 0) is 71.4 Å². The third kappa shape index (κ3) is 2.84. The Hall–Kier alpha value is -1.79. The minimum Gasteiger partial charge on any atom is -0.317 e. The summed E-state index contributed by atoms with van der Waals surface area (Å²) < 4.78 is 3.23. The number of hydrogen-bond acceptors (Lipinski definition) is 3. The van der Waals surface area contributed by atoms with Crippen molar-refractivity contribution >= 4 is 44.8 Å². The van der Waals surface area contributed by atoms with Crippen molar-refractivity contribution in [3.63, 3.8) is 0 Å². The molecule has 124 valence electrons. The van der Waals surface area contributed by atoms with Gasteiger partial charge in [0.05, 0.1) is 10.6 Å². The Bertz CT molecular complexity index is 882. The lowest BCUT2D eigenvalue weighted by Crippen LogP contribution is -2.23. The van der Waals surface area contributed by atoms with Crippen LogP contribution in [0, 0.1) is 13.8 Å². The van der Waals surface area contributed by atoms with Crippen molar-refractivity contribution in [3.8, 4) is 5.69 Å². The Morgan fingerprint density at radius 1 is 1.25 bits per heavy atom. The number of amidine groups is 1. The average Bonchev–Trinajstić information content (AvgIpc) is 2.99. The summed E-state index contributed by atoms with van der Waals surface area (Å²) in [6, 6.07) is 10.2. The molecule has 0 radical (unpaired) electrons. The molecule has 0 atom stereocenters. The number of aliphatic imine (C=N–C) groups is 1. The summed E-state index contributed by atoms with van der Waals surface area (Å²) in [4.78, 5) is 18.8. The van der Waals surface area contributed by atoms with Gasteiger partial charge < -0.3 is 4.57 Å². The van der Waals surface area contributed by atoms with Gasteiger partial charge in [-0.3, -0.25) is 14.7 Å². The Labute approximate surface area is 154 Å². The van der Waals surface area contributed by atoms with Crippen LogP contribution in [0.5, 0.6) is 0 Å². The first kappa shape index (κ1) is 17.0. The average molecular weight is 404 g/mol. The highest BCUT2D eigenvalue weighted by molar-refractivity contribution is 9.10. The fourth-order valence-corrected chi connectivity index (χ4v) is 4.21. The lowest BCUT2D eigenvalue weighted by atomic mass is 10.2. The Morgan fingerprint density at radius 2 is 1.96 bits per heavy atom. The third-order valence-corrected chi connectivity index (χ3v) is 5.87. The molecule has 6 heteroatoms. The number of rotatable bonds is 2. The number of amides is 1. The molecule has 0 aliphatic carbocycles. The van der Waals surface area contributed by atoms with Gasteiger partial charge in [-0.15, -0.1) is 0 Å². The zero-order valence-electron chi connectivity index (χ0n) is 14.0. The number of nitrogens with zero attached hydrogens (tertiary/aromatic N) is 3. The first-order chi connectivity index (χ1) is 11.4. The number of likely N-dealkylation sites (N-methyl/N-ethyl adjacent to an activating group) is 1. The molecule has 1 aromatic carbocycles. The molecule has 1 aliphatic heterocycles. The number of benzene rings is 1. The van der Waals surface area contributed by atoms with E-state index in [4.69, 9.17) is 0 Å². The van der Waals surface area contributed by atoms with E-state index >= 15 is 0 Å². The van der Waals surface area contributed by atoms with E-state index in [0.29, 0.717) is 4.91 Å². The van der Waals surface area contributed by atoms with Crippen molar-refractivity contribution in [3.05, 3.63) is 56.7 Å². The van der Waals surface area contributed by atoms with Gasteiger partial charge in [-0.2, -0.15) is 0 Å². The Balaban J connectivity index is 2.07. The van der Waals surface area contributed by atoms with Crippen LogP contribution in [0.15, 0.2) is 44.7 Å². The molecule has 0 N–H and O–H groups in total. The number of halogens is 1. The van der Waals surface area contributed by atoms with Gasteiger partial charge >= 0.3 is 0 Å². The minimum absolute atomic E-state index is 0.00806. The van der Waals surface area contributed by atoms with Gasteiger partial charge in [0, 0.05) is 30.0 Å². The highest BCUT2D eigenvalue weighted by Crippen LogP contribution is 2.33. The highest BCUT2D eigenvalue weighted by Gasteiger charge is 2.30. The monoisotopic (exact) mass is 403 g/mol. The van der Waals surface area contributed by atoms with E-state index in [1.54, 1.807) is 19.0 Å². The largest absolute Gasteiger partial charge is 0.317 e. The van der Waals surface area contributed by atoms with Crippen LogP contribution in [0.4, 0.5) is 0 Å². The molecule has 24 heavy (non-hydrogen) atoms. The maximum Gasteiger partial charge on any atom is 0.266 e. The molecule has 1 amide bonds. The van der Waals surface area contributed by atoms with Crippen molar-refractivity contribution in [1.82, 2.24) is 9.47 Å². The van der Waals surface area contributed by atoms with Crippen molar-refractivity contribution in [1.29, 1.82) is 0 Å². The van der Waals surface area contributed by atoms with Crippen LogP contribution in [-0.4, -0.2) is 34.6 Å². The third-order valence-electron chi connectivity index (χ3n) is 4.05. The van der Waals surface area contributed by atoms with Crippen molar-refractivity contribution in [2.24, 2.45) is 4.99 Å². The number of carbonyl (C=O) groups is 1. The van der Waals surface area contributed by atoms with Crippen LogP contribution in [-0.2, 0) is 4.79 Å². The molecule has 2 aromatic rings. The van der Waals surface area contributed by atoms with E-state index in [9.17, 15) is 4.79 Å². The van der Waals surface area contributed by atoms with Crippen molar-refractivity contribution in [2.45, 2.75) is 13.8 Å². The summed E-state index contributed by atoms with van der Waals surface area (Å²) in [5.41, 5.74) is 4.37. The van der Waals surface area contributed by atoms with Crippen molar-refractivity contribution < 1.29 is 4.79 Å². The van der Waals surface area contributed by atoms with E-state index in [2.05, 4.69) is 51.5 Å². The minimum atomic E-state index is -0.00806. The number of para-hydroxylation sites is 1. The molecule has 2 heterocycles. The topological polar surface area (TPSA) is 37.6 Å². The summed E-state index contributed by atoms with van der Waals surface area (Å²) in [5, 5.41) is 0.728. The molecular formula is C18H18BrN3OS. The fourth-order valence-electron chi connectivity index (χ4n) is 2.83. The molecule has 1 aliphatic rings. The van der Waals surface area contributed by atoms with E-state index in [0.717, 1.165) is 32.3 Å². The number of hydrogen-bond donors (Lipinski definition) is 0. The summed E-state index contributed by atoms with van der Waals surface area (Å²) >= 11 is 5.03. The zero-order chi connectivity index (χ0) is 17.4. The molecule has 0 bridgehead atoms.